The third kappa shape index (κ3) is 3.39. The third-order valence-electron chi connectivity index (χ3n) is 2.93. The monoisotopic (exact) mass is 273 g/mol. The maximum absolute atomic E-state index is 11.3. The Balaban J connectivity index is 1.86. The zero-order valence-corrected chi connectivity index (χ0v) is 11.2. The fourth-order valence-electron chi connectivity index (χ4n) is 1.83. The number of ketones is 1. The van der Waals surface area contributed by atoms with E-state index in [2.05, 4.69) is 0 Å². The molecule has 1 aliphatic rings. The van der Waals surface area contributed by atoms with E-state index in [0.29, 0.717) is 5.56 Å². The zero-order chi connectivity index (χ0) is 14.5. The predicted molar refractivity (Wildman–Crippen MR) is 72.5 cm³/mol. The molecular weight excluding hydrogens is 258 g/mol. The van der Waals surface area contributed by atoms with Crippen LogP contribution in [-0.2, 0) is 14.4 Å². The van der Waals surface area contributed by atoms with Crippen molar-refractivity contribution in [1.82, 2.24) is 5.06 Å². The lowest BCUT2D eigenvalue weighted by atomic mass is 10.1. The molecule has 0 unspecified atom stereocenters. The van der Waals surface area contributed by atoms with E-state index >= 15 is 0 Å². The number of amides is 2. The van der Waals surface area contributed by atoms with Crippen LogP contribution in [0.1, 0.15) is 35.7 Å². The molecule has 1 saturated heterocycles. The molecule has 0 radical (unpaired) electrons. The molecule has 0 spiro atoms. The first kappa shape index (κ1) is 14.1. The van der Waals surface area contributed by atoms with Gasteiger partial charge in [-0.25, -0.2) is 0 Å². The number of imide groups is 1. The van der Waals surface area contributed by atoms with Gasteiger partial charge in [0.05, 0.1) is 6.61 Å². The number of rotatable bonds is 5. The Hall–Kier alpha value is -2.27. The molecule has 1 heterocycles. The first-order valence-electron chi connectivity index (χ1n) is 6.34. The van der Waals surface area contributed by atoms with Crippen molar-refractivity contribution >= 4 is 23.7 Å². The number of benzene rings is 1. The highest BCUT2D eigenvalue weighted by atomic mass is 16.7. The van der Waals surface area contributed by atoms with E-state index in [1.54, 1.807) is 24.3 Å². The molecule has 0 atom stereocenters. The summed E-state index contributed by atoms with van der Waals surface area (Å²) in [4.78, 5) is 38.8. The van der Waals surface area contributed by atoms with Crippen LogP contribution in [0.5, 0.6) is 0 Å². The minimum absolute atomic E-state index is 0.0231. The maximum Gasteiger partial charge on any atom is 0.254 e. The van der Waals surface area contributed by atoms with Crippen molar-refractivity contribution in [2.24, 2.45) is 0 Å². The van der Waals surface area contributed by atoms with Crippen molar-refractivity contribution in [2.75, 3.05) is 6.61 Å². The topological polar surface area (TPSA) is 63.7 Å². The third-order valence-corrected chi connectivity index (χ3v) is 2.93. The molecule has 0 saturated carbocycles. The molecule has 1 fully saturated rings. The number of carbonyl (C=O) groups is 3. The average Bonchev–Trinajstić information content (AvgIpc) is 2.75. The Morgan fingerprint density at radius 3 is 2.35 bits per heavy atom. The Morgan fingerprint density at radius 1 is 1.20 bits per heavy atom. The van der Waals surface area contributed by atoms with Crippen LogP contribution in [0.3, 0.4) is 0 Å². The maximum atomic E-state index is 11.3. The second-order valence-electron chi connectivity index (χ2n) is 4.46. The molecule has 5 heteroatoms. The van der Waals surface area contributed by atoms with Crippen LogP contribution in [0.15, 0.2) is 30.3 Å². The summed E-state index contributed by atoms with van der Waals surface area (Å²) in [6.07, 6.45) is 3.95. The zero-order valence-electron chi connectivity index (χ0n) is 11.2. The Morgan fingerprint density at radius 2 is 1.80 bits per heavy atom. The number of nitrogens with zero attached hydrogens (tertiary/aromatic N) is 1. The van der Waals surface area contributed by atoms with Crippen LogP contribution in [-0.4, -0.2) is 29.3 Å². The molecule has 1 aliphatic heterocycles. The summed E-state index contributed by atoms with van der Waals surface area (Å²) in [5.41, 5.74) is 1.57. The van der Waals surface area contributed by atoms with E-state index in [4.69, 9.17) is 4.84 Å². The molecule has 1 aromatic rings. The van der Waals surface area contributed by atoms with Crippen molar-refractivity contribution in [2.45, 2.75) is 19.8 Å². The van der Waals surface area contributed by atoms with Crippen LogP contribution in [0, 0.1) is 0 Å². The molecule has 2 amide bonds. The summed E-state index contributed by atoms with van der Waals surface area (Å²) in [5.74, 6) is -0.571. The van der Waals surface area contributed by atoms with Crippen molar-refractivity contribution in [3.05, 3.63) is 41.5 Å². The van der Waals surface area contributed by atoms with Gasteiger partial charge < -0.3 is 0 Å². The van der Waals surface area contributed by atoms with Crippen LogP contribution >= 0.6 is 0 Å². The molecule has 0 aromatic heterocycles. The van der Waals surface area contributed by atoms with Gasteiger partial charge in [-0.3, -0.25) is 19.2 Å². The van der Waals surface area contributed by atoms with Crippen LogP contribution in [0.25, 0.3) is 6.08 Å². The summed E-state index contributed by atoms with van der Waals surface area (Å²) >= 11 is 0. The van der Waals surface area contributed by atoms with Crippen molar-refractivity contribution < 1.29 is 19.2 Å². The van der Waals surface area contributed by atoms with Crippen molar-refractivity contribution in [3.63, 3.8) is 0 Å². The molecule has 0 bridgehead atoms. The quantitative estimate of drug-likeness (QED) is 0.608. The predicted octanol–water partition coefficient (Wildman–Crippen LogP) is 1.98. The standard InChI is InChI=1S/C15H15NO4/c1-11(17)13-6-4-12(5-7-13)3-2-10-20-16-14(18)8-9-15(16)19/h2-7H,8-10H2,1H3/b3-2+. The number of hydrogen-bond donors (Lipinski definition) is 0. The molecule has 0 N–H and O–H groups in total. The Labute approximate surface area is 116 Å². The van der Waals surface area contributed by atoms with Gasteiger partial charge >= 0.3 is 0 Å². The van der Waals surface area contributed by atoms with Crippen molar-refractivity contribution in [3.8, 4) is 0 Å². The number of carbonyl (C=O) groups excluding carboxylic acids is 3. The normalized spacial score (nSPS) is 15.3. The fraction of sp³-hybridized carbons (Fsp3) is 0.267. The van der Waals surface area contributed by atoms with E-state index in [-0.39, 0.29) is 37.0 Å². The van der Waals surface area contributed by atoms with Gasteiger partial charge in [-0.1, -0.05) is 36.4 Å². The minimum Gasteiger partial charge on any atom is -0.295 e. The number of hydrogen-bond acceptors (Lipinski definition) is 4. The van der Waals surface area contributed by atoms with E-state index in [0.717, 1.165) is 10.6 Å². The summed E-state index contributed by atoms with van der Waals surface area (Å²) in [6, 6.07) is 7.13. The number of Topliss-reactive ketones (excluding diaryl/α,β-unsaturated/α-hetero) is 1. The highest BCUT2D eigenvalue weighted by Crippen LogP contribution is 2.12. The fourth-order valence-corrected chi connectivity index (χ4v) is 1.83. The molecular formula is C15H15NO4. The van der Waals surface area contributed by atoms with Gasteiger partial charge in [0.2, 0.25) is 0 Å². The van der Waals surface area contributed by atoms with E-state index in [1.807, 2.05) is 12.1 Å². The lowest BCUT2D eigenvalue weighted by Gasteiger charge is -2.10. The second-order valence-corrected chi connectivity index (χ2v) is 4.46. The Kier molecular flexibility index (Phi) is 4.42. The van der Waals surface area contributed by atoms with Gasteiger partial charge in [0.1, 0.15) is 0 Å². The van der Waals surface area contributed by atoms with E-state index < -0.39 is 0 Å². The Bertz CT molecular complexity index is 544. The SMILES string of the molecule is CC(=O)c1ccc(/C=C/CON2C(=O)CCC2=O)cc1. The molecule has 104 valence electrons. The molecule has 20 heavy (non-hydrogen) atoms. The highest BCUT2D eigenvalue weighted by molar-refractivity contribution is 6.00. The van der Waals surface area contributed by atoms with Crippen LogP contribution in [0.2, 0.25) is 0 Å². The summed E-state index contributed by atoms with van der Waals surface area (Å²) in [7, 11) is 0. The first-order chi connectivity index (χ1) is 9.58. The van der Waals surface area contributed by atoms with Crippen molar-refractivity contribution in [1.29, 1.82) is 0 Å². The van der Waals surface area contributed by atoms with Gasteiger partial charge in [0.25, 0.3) is 11.8 Å². The van der Waals surface area contributed by atoms with Gasteiger partial charge in [0, 0.05) is 18.4 Å². The van der Waals surface area contributed by atoms with Crippen LogP contribution in [0.4, 0.5) is 0 Å². The second kappa shape index (κ2) is 6.25. The van der Waals surface area contributed by atoms with Gasteiger partial charge in [0.15, 0.2) is 5.78 Å². The molecule has 1 aromatic carbocycles. The summed E-state index contributed by atoms with van der Waals surface area (Å²) in [6.45, 7) is 1.66. The summed E-state index contributed by atoms with van der Waals surface area (Å²) in [5, 5.41) is 0.823. The van der Waals surface area contributed by atoms with Gasteiger partial charge in [-0.2, -0.15) is 5.06 Å². The molecule has 5 nitrogen and oxygen atoms in total. The largest absolute Gasteiger partial charge is 0.295 e. The van der Waals surface area contributed by atoms with Gasteiger partial charge in [-0.15, -0.1) is 0 Å². The average molecular weight is 273 g/mol. The number of hydroxylamine groups is 2. The minimum atomic E-state index is -0.297. The highest BCUT2D eigenvalue weighted by Gasteiger charge is 2.29. The summed E-state index contributed by atoms with van der Waals surface area (Å²) < 4.78 is 0. The molecule has 2 rings (SSSR count). The lowest BCUT2D eigenvalue weighted by Crippen LogP contribution is -2.29. The smallest absolute Gasteiger partial charge is 0.254 e. The van der Waals surface area contributed by atoms with E-state index in [9.17, 15) is 14.4 Å². The molecule has 0 aliphatic carbocycles. The van der Waals surface area contributed by atoms with E-state index in [1.165, 1.54) is 6.92 Å². The lowest BCUT2D eigenvalue weighted by molar-refractivity contribution is -0.184. The van der Waals surface area contributed by atoms with Gasteiger partial charge in [-0.05, 0) is 12.5 Å². The van der Waals surface area contributed by atoms with Crippen LogP contribution < -0.4 is 0 Å². The first-order valence-corrected chi connectivity index (χ1v) is 6.34.